The third kappa shape index (κ3) is 2.71. The van der Waals surface area contributed by atoms with Gasteiger partial charge in [0, 0.05) is 13.1 Å². The van der Waals surface area contributed by atoms with Crippen molar-refractivity contribution in [3.63, 3.8) is 0 Å². The highest BCUT2D eigenvalue weighted by Crippen LogP contribution is 2.31. The van der Waals surface area contributed by atoms with E-state index in [0.717, 1.165) is 0 Å². The van der Waals surface area contributed by atoms with Gasteiger partial charge in [-0.25, -0.2) is 8.42 Å². The summed E-state index contributed by atoms with van der Waals surface area (Å²) in [5, 5.41) is 9.95. The maximum absolute atomic E-state index is 11.7. The summed E-state index contributed by atoms with van der Waals surface area (Å²) in [6.07, 6.45) is 0. The fourth-order valence-electron chi connectivity index (χ4n) is 1.65. The first-order valence-electron chi connectivity index (χ1n) is 5.37. The van der Waals surface area contributed by atoms with E-state index >= 15 is 0 Å². The Balaban J connectivity index is 2.59. The molecular weight excluding hydrogens is 214 g/mol. The fraction of sp³-hybridized carbons (Fsp3) is 1.00. The summed E-state index contributed by atoms with van der Waals surface area (Å²) in [4.78, 5) is 0. The minimum Gasteiger partial charge on any atom is -0.387 e. The molecule has 0 aromatic rings. The molecule has 0 aliphatic carbocycles. The summed E-state index contributed by atoms with van der Waals surface area (Å²) >= 11 is 0. The van der Waals surface area contributed by atoms with Crippen molar-refractivity contribution in [3.8, 4) is 0 Å². The van der Waals surface area contributed by atoms with Crippen LogP contribution in [0.3, 0.4) is 0 Å². The zero-order chi connectivity index (χ0) is 11.9. The number of hydrogen-bond acceptors (Lipinski definition) is 3. The van der Waals surface area contributed by atoms with Gasteiger partial charge in [0.25, 0.3) is 0 Å². The molecule has 0 saturated carbocycles. The number of aliphatic hydroxyl groups is 1. The van der Waals surface area contributed by atoms with Crippen molar-refractivity contribution in [2.24, 2.45) is 11.8 Å². The Morgan fingerprint density at radius 2 is 1.73 bits per heavy atom. The molecule has 0 atom stereocenters. The van der Waals surface area contributed by atoms with E-state index in [2.05, 4.69) is 0 Å². The lowest BCUT2D eigenvalue weighted by atomic mass is 9.85. The molecule has 4 nitrogen and oxygen atoms in total. The van der Waals surface area contributed by atoms with Crippen LogP contribution in [0.1, 0.15) is 27.7 Å². The smallest absolute Gasteiger partial charge is 0.214 e. The number of sulfonamides is 1. The highest BCUT2D eigenvalue weighted by atomic mass is 32.2. The molecule has 1 aliphatic heterocycles. The minimum atomic E-state index is -3.15. The van der Waals surface area contributed by atoms with Crippen molar-refractivity contribution in [1.29, 1.82) is 0 Å². The lowest BCUT2D eigenvalue weighted by Crippen LogP contribution is -2.66. The van der Waals surface area contributed by atoms with Gasteiger partial charge < -0.3 is 5.11 Å². The number of rotatable bonds is 4. The van der Waals surface area contributed by atoms with E-state index in [1.807, 2.05) is 27.7 Å². The van der Waals surface area contributed by atoms with Gasteiger partial charge in [-0.15, -0.1) is 0 Å². The Morgan fingerprint density at radius 3 is 2.07 bits per heavy atom. The SMILES string of the molecule is CC(C)CS(=O)(=O)N1CC(O)(C(C)C)C1. The van der Waals surface area contributed by atoms with E-state index in [0.29, 0.717) is 0 Å². The Hall–Kier alpha value is -0.130. The Morgan fingerprint density at radius 1 is 1.27 bits per heavy atom. The van der Waals surface area contributed by atoms with Gasteiger partial charge in [0.2, 0.25) is 10.0 Å². The second-order valence-electron chi connectivity index (χ2n) is 5.20. The summed E-state index contributed by atoms with van der Waals surface area (Å²) in [7, 11) is -3.15. The number of hydrogen-bond donors (Lipinski definition) is 1. The molecule has 0 amide bonds. The molecule has 1 rings (SSSR count). The van der Waals surface area contributed by atoms with Crippen molar-refractivity contribution in [2.45, 2.75) is 33.3 Å². The zero-order valence-corrected chi connectivity index (χ0v) is 10.7. The van der Waals surface area contributed by atoms with E-state index < -0.39 is 15.6 Å². The third-order valence-corrected chi connectivity index (χ3v) is 5.05. The Labute approximate surface area is 92.3 Å². The summed E-state index contributed by atoms with van der Waals surface area (Å²) in [6.45, 7) is 8.08. The maximum Gasteiger partial charge on any atom is 0.214 e. The van der Waals surface area contributed by atoms with Crippen molar-refractivity contribution >= 4 is 10.0 Å². The van der Waals surface area contributed by atoms with Crippen molar-refractivity contribution in [2.75, 3.05) is 18.8 Å². The monoisotopic (exact) mass is 235 g/mol. The van der Waals surface area contributed by atoms with Gasteiger partial charge in [-0.3, -0.25) is 0 Å². The molecule has 1 N–H and O–H groups in total. The highest BCUT2D eigenvalue weighted by Gasteiger charge is 2.48. The van der Waals surface area contributed by atoms with Crippen molar-refractivity contribution in [3.05, 3.63) is 0 Å². The maximum atomic E-state index is 11.7. The van der Waals surface area contributed by atoms with Gasteiger partial charge in [-0.2, -0.15) is 4.31 Å². The second kappa shape index (κ2) is 4.03. The molecule has 1 aliphatic rings. The number of β-amino-alcohol motifs (C(OH)–C–C–N with tert-alkyl or cyclic N) is 1. The first kappa shape index (κ1) is 12.9. The molecule has 1 heterocycles. The molecule has 0 aromatic carbocycles. The summed E-state index contributed by atoms with van der Waals surface area (Å²) in [5.74, 6) is 0.395. The van der Waals surface area contributed by atoms with Crippen LogP contribution in [0.25, 0.3) is 0 Å². The first-order chi connectivity index (χ1) is 6.67. The highest BCUT2D eigenvalue weighted by molar-refractivity contribution is 7.89. The van der Waals surface area contributed by atoms with E-state index in [4.69, 9.17) is 0 Å². The van der Waals surface area contributed by atoms with Crippen LogP contribution in [0.4, 0.5) is 0 Å². The second-order valence-corrected chi connectivity index (χ2v) is 7.21. The van der Waals surface area contributed by atoms with Gasteiger partial charge in [-0.1, -0.05) is 27.7 Å². The standard InChI is InChI=1S/C10H21NO3S/c1-8(2)5-15(13,14)11-6-10(12,7-11)9(3)4/h8-9,12H,5-7H2,1-4H3. The lowest BCUT2D eigenvalue weighted by molar-refractivity contribution is -0.0933. The lowest BCUT2D eigenvalue weighted by Gasteiger charge is -2.48. The quantitative estimate of drug-likeness (QED) is 0.779. The fourth-order valence-corrected chi connectivity index (χ4v) is 3.55. The van der Waals surface area contributed by atoms with Crippen LogP contribution in [0.2, 0.25) is 0 Å². The molecule has 0 aromatic heterocycles. The summed E-state index contributed by atoms with van der Waals surface area (Å²) < 4.78 is 24.9. The Kier molecular flexibility index (Phi) is 3.48. The van der Waals surface area contributed by atoms with Crippen LogP contribution in [0.5, 0.6) is 0 Å². The van der Waals surface area contributed by atoms with Gasteiger partial charge in [0.1, 0.15) is 0 Å². The Bertz CT molecular complexity index is 316. The molecule has 0 spiro atoms. The van der Waals surface area contributed by atoms with Crippen molar-refractivity contribution in [1.82, 2.24) is 4.31 Å². The van der Waals surface area contributed by atoms with E-state index in [1.165, 1.54) is 4.31 Å². The zero-order valence-electron chi connectivity index (χ0n) is 9.90. The molecule has 1 fully saturated rings. The largest absolute Gasteiger partial charge is 0.387 e. The average Bonchev–Trinajstić information content (AvgIpc) is 1.95. The molecule has 5 heteroatoms. The van der Waals surface area contributed by atoms with E-state index in [9.17, 15) is 13.5 Å². The van der Waals surface area contributed by atoms with Crippen LogP contribution in [-0.2, 0) is 10.0 Å². The molecule has 15 heavy (non-hydrogen) atoms. The average molecular weight is 235 g/mol. The predicted molar refractivity (Wildman–Crippen MR) is 60.0 cm³/mol. The molecule has 0 bridgehead atoms. The molecule has 0 radical (unpaired) electrons. The van der Waals surface area contributed by atoms with Gasteiger partial charge in [0.15, 0.2) is 0 Å². The van der Waals surface area contributed by atoms with Crippen molar-refractivity contribution < 1.29 is 13.5 Å². The summed E-state index contributed by atoms with van der Waals surface area (Å²) in [6, 6.07) is 0. The first-order valence-corrected chi connectivity index (χ1v) is 6.98. The van der Waals surface area contributed by atoms with Gasteiger partial charge in [-0.05, 0) is 11.8 Å². The van der Waals surface area contributed by atoms with Gasteiger partial charge >= 0.3 is 0 Å². The van der Waals surface area contributed by atoms with Crippen LogP contribution in [0, 0.1) is 11.8 Å². The normalized spacial score (nSPS) is 22.1. The minimum absolute atomic E-state index is 0.1000. The van der Waals surface area contributed by atoms with Crippen LogP contribution in [0.15, 0.2) is 0 Å². The molecular formula is C10H21NO3S. The predicted octanol–water partition coefficient (Wildman–Crippen LogP) is 0.675. The third-order valence-electron chi connectivity index (χ3n) is 2.91. The molecule has 90 valence electrons. The molecule has 0 unspecified atom stereocenters. The van der Waals surface area contributed by atoms with E-state index in [1.54, 1.807) is 0 Å². The van der Waals surface area contributed by atoms with Crippen LogP contribution >= 0.6 is 0 Å². The van der Waals surface area contributed by atoms with Gasteiger partial charge in [0.05, 0.1) is 11.4 Å². The topological polar surface area (TPSA) is 57.6 Å². The summed E-state index contributed by atoms with van der Waals surface area (Å²) in [5.41, 5.74) is -0.815. The van der Waals surface area contributed by atoms with Crippen LogP contribution < -0.4 is 0 Å². The number of nitrogens with zero attached hydrogens (tertiary/aromatic N) is 1. The van der Waals surface area contributed by atoms with Crippen LogP contribution in [-0.4, -0.2) is 42.3 Å². The molecule has 1 saturated heterocycles. The van der Waals surface area contributed by atoms with E-state index in [-0.39, 0.29) is 30.7 Å².